The third kappa shape index (κ3) is 5.01. The molecule has 0 aliphatic heterocycles. The second-order valence-corrected chi connectivity index (χ2v) is 6.38. The van der Waals surface area contributed by atoms with Gasteiger partial charge in [-0.2, -0.15) is 0 Å². The minimum Gasteiger partial charge on any atom is -0.444 e. The Labute approximate surface area is 126 Å². The van der Waals surface area contributed by atoms with Crippen molar-refractivity contribution in [3.8, 4) is 0 Å². The van der Waals surface area contributed by atoms with Gasteiger partial charge in [0.25, 0.3) is 0 Å². The molecule has 0 spiro atoms. The van der Waals surface area contributed by atoms with Crippen LogP contribution in [0, 0.1) is 0 Å². The number of alkyl carbamates (subject to hydrolysis) is 1. The summed E-state index contributed by atoms with van der Waals surface area (Å²) < 4.78 is 5.18. The summed E-state index contributed by atoms with van der Waals surface area (Å²) in [6.45, 7) is 7.05. The van der Waals surface area contributed by atoms with Gasteiger partial charge in [-0.15, -0.1) is 0 Å². The van der Waals surface area contributed by atoms with Crippen molar-refractivity contribution < 1.29 is 9.53 Å². The Kier molecular flexibility index (Phi) is 5.17. The average Bonchev–Trinajstić information content (AvgIpc) is 2.80. The van der Waals surface area contributed by atoms with Crippen molar-refractivity contribution >= 4 is 6.09 Å². The summed E-state index contributed by atoms with van der Waals surface area (Å²) in [5, 5.41) is 6.27. The molecule has 0 fully saturated rings. The quantitative estimate of drug-likeness (QED) is 0.818. The number of rotatable bonds is 5. The van der Waals surface area contributed by atoms with E-state index >= 15 is 0 Å². The van der Waals surface area contributed by atoms with Crippen LogP contribution in [-0.2, 0) is 11.2 Å². The molecule has 1 atom stereocenters. The lowest BCUT2D eigenvalue weighted by Gasteiger charge is -2.19. The van der Waals surface area contributed by atoms with E-state index < -0.39 is 5.60 Å². The molecule has 1 unspecified atom stereocenters. The van der Waals surface area contributed by atoms with E-state index in [9.17, 15) is 4.79 Å². The monoisotopic (exact) mass is 291 g/mol. The molecule has 0 radical (unpaired) electrons. The molecule has 1 heterocycles. The number of carbonyl (C=O) groups is 1. The number of amides is 1. The first-order valence-corrected chi connectivity index (χ1v) is 7.60. The van der Waals surface area contributed by atoms with Gasteiger partial charge in [-0.05, 0) is 58.2 Å². The predicted molar refractivity (Wildman–Crippen MR) is 82.2 cm³/mol. The summed E-state index contributed by atoms with van der Waals surface area (Å²) in [5.74, 6) is 0. The number of fused-ring (bicyclic) bond motifs is 1. The summed E-state index contributed by atoms with van der Waals surface area (Å²) >= 11 is 0. The molecule has 1 aromatic rings. The average molecular weight is 291 g/mol. The molecule has 2 N–H and O–H groups in total. The first-order valence-electron chi connectivity index (χ1n) is 7.60. The topological polar surface area (TPSA) is 63.2 Å². The standard InChI is InChI=1S/C16H25N3O2/c1-16(2,3)21-15(20)19-11-5-10-17-13-8-7-12-6-4-9-18-14(12)13/h4,6,9,13,17H,5,7-8,10-11H2,1-3H3,(H,19,20). The summed E-state index contributed by atoms with van der Waals surface area (Å²) in [6, 6.07) is 4.49. The molecule has 116 valence electrons. The van der Waals surface area contributed by atoms with E-state index in [2.05, 4.69) is 21.7 Å². The predicted octanol–water partition coefficient (Wildman–Crippen LogP) is 2.57. The van der Waals surface area contributed by atoms with Crippen LogP contribution < -0.4 is 10.6 Å². The van der Waals surface area contributed by atoms with Gasteiger partial charge in [0.2, 0.25) is 0 Å². The third-order valence-electron chi connectivity index (χ3n) is 3.37. The van der Waals surface area contributed by atoms with Gasteiger partial charge < -0.3 is 15.4 Å². The van der Waals surface area contributed by atoms with Crippen molar-refractivity contribution in [3.05, 3.63) is 29.6 Å². The zero-order valence-electron chi connectivity index (χ0n) is 13.1. The molecule has 2 rings (SSSR count). The summed E-state index contributed by atoms with van der Waals surface area (Å²) in [4.78, 5) is 15.9. The van der Waals surface area contributed by atoms with Gasteiger partial charge in [0.05, 0.1) is 11.7 Å². The number of hydrogen-bond donors (Lipinski definition) is 2. The molecule has 0 aromatic carbocycles. The lowest BCUT2D eigenvalue weighted by molar-refractivity contribution is 0.0527. The van der Waals surface area contributed by atoms with Crippen molar-refractivity contribution in [2.24, 2.45) is 0 Å². The van der Waals surface area contributed by atoms with Gasteiger partial charge >= 0.3 is 6.09 Å². The van der Waals surface area contributed by atoms with Crippen LogP contribution in [0.2, 0.25) is 0 Å². The zero-order valence-corrected chi connectivity index (χ0v) is 13.1. The molecular formula is C16H25N3O2. The molecule has 0 saturated heterocycles. The Hall–Kier alpha value is -1.62. The van der Waals surface area contributed by atoms with Gasteiger partial charge in [-0.25, -0.2) is 4.79 Å². The molecule has 5 heteroatoms. The molecule has 0 bridgehead atoms. The van der Waals surface area contributed by atoms with Crippen LogP contribution in [0.4, 0.5) is 4.79 Å². The van der Waals surface area contributed by atoms with Crippen LogP contribution in [0.3, 0.4) is 0 Å². The number of nitrogens with one attached hydrogen (secondary N) is 2. The Bertz CT molecular complexity index is 483. The fourth-order valence-corrected chi connectivity index (χ4v) is 2.48. The molecule has 0 saturated carbocycles. The summed E-state index contributed by atoms with van der Waals surface area (Å²) in [5.41, 5.74) is 2.08. The van der Waals surface area contributed by atoms with Crippen molar-refractivity contribution in [2.75, 3.05) is 13.1 Å². The van der Waals surface area contributed by atoms with Gasteiger partial charge in [-0.3, -0.25) is 4.98 Å². The van der Waals surface area contributed by atoms with Gasteiger partial charge in [0.1, 0.15) is 5.60 Å². The number of aromatic nitrogens is 1. The Morgan fingerprint density at radius 3 is 3.00 bits per heavy atom. The van der Waals surface area contributed by atoms with Gasteiger partial charge in [0.15, 0.2) is 0 Å². The largest absolute Gasteiger partial charge is 0.444 e. The highest BCUT2D eigenvalue weighted by atomic mass is 16.6. The molecule has 1 aliphatic rings. The number of hydrogen-bond acceptors (Lipinski definition) is 4. The van der Waals surface area contributed by atoms with E-state index in [0.29, 0.717) is 12.6 Å². The normalized spacial score (nSPS) is 17.4. The Morgan fingerprint density at radius 2 is 2.24 bits per heavy atom. The van der Waals surface area contributed by atoms with E-state index in [1.54, 1.807) is 0 Å². The number of nitrogens with zero attached hydrogens (tertiary/aromatic N) is 1. The van der Waals surface area contributed by atoms with Crippen molar-refractivity contribution in [1.29, 1.82) is 0 Å². The lowest BCUT2D eigenvalue weighted by atomic mass is 10.2. The molecule has 1 aromatic heterocycles. The van der Waals surface area contributed by atoms with E-state index in [-0.39, 0.29) is 6.09 Å². The van der Waals surface area contributed by atoms with E-state index in [0.717, 1.165) is 25.8 Å². The molecule has 1 amide bonds. The van der Waals surface area contributed by atoms with Crippen LogP contribution in [0.25, 0.3) is 0 Å². The third-order valence-corrected chi connectivity index (χ3v) is 3.37. The maximum atomic E-state index is 11.5. The van der Waals surface area contributed by atoms with Crippen LogP contribution in [0.15, 0.2) is 18.3 Å². The fraction of sp³-hybridized carbons (Fsp3) is 0.625. The lowest BCUT2D eigenvalue weighted by Crippen LogP contribution is -2.34. The maximum absolute atomic E-state index is 11.5. The SMILES string of the molecule is CC(C)(C)OC(=O)NCCCNC1CCc2cccnc21. The van der Waals surface area contributed by atoms with Crippen molar-refractivity contribution in [2.45, 2.75) is 51.7 Å². The molecule has 21 heavy (non-hydrogen) atoms. The Balaban J connectivity index is 1.62. The van der Waals surface area contributed by atoms with Crippen molar-refractivity contribution in [3.63, 3.8) is 0 Å². The van der Waals surface area contributed by atoms with Crippen LogP contribution in [0.1, 0.15) is 50.9 Å². The minimum absolute atomic E-state index is 0.350. The van der Waals surface area contributed by atoms with Crippen LogP contribution in [-0.4, -0.2) is 29.8 Å². The highest BCUT2D eigenvalue weighted by Gasteiger charge is 2.22. The van der Waals surface area contributed by atoms with Gasteiger partial charge in [-0.1, -0.05) is 6.07 Å². The summed E-state index contributed by atoms with van der Waals surface area (Å²) in [6.07, 6.45) is 4.57. The second kappa shape index (κ2) is 6.89. The first-order chi connectivity index (χ1) is 9.96. The number of pyridine rings is 1. The van der Waals surface area contributed by atoms with Crippen LogP contribution in [0.5, 0.6) is 0 Å². The fourth-order valence-electron chi connectivity index (χ4n) is 2.48. The van der Waals surface area contributed by atoms with Crippen molar-refractivity contribution in [1.82, 2.24) is 15.6 Å². The molecule has 1 aliphatic carbocycles. The number of aryl methyl sites for hydroxylation is 1. The molecule has 5 nitrogen and oxygen atoms in total. The second-order valence-electron chi connectivity index (χ2n) is 6.38. The Morgan fingerprint density at radius 1 is 1.43 bits per heavy atom. The minimum atomic E-state index is -0.443. The molecular weight excluding hydrogens is 266 g/mol. The van der Waals surface area contributed by atoms with E-state index in [1.165, 1.54) is 11.3 Å². The number of ether oxygens (including phenoxy) is 1. The summed E-state index contributed by atoms with van der Waals surface area (Å²) in [7, 11) is 0. The van der Waals surface area contributed by atoms with E-state index in [4.69, 9.17) is 4.74 Å². The first kappa shape index (κ1) is 15.8. The zero-order chi connectivity index (χ0) is 15.3. The van der Waals surface area contributed by atoms with Gasteiger partial charge in [0, 0.05) is 12.7 Å². The van der Waals surface area contributed by atoms with Crippen LogP contribution >= 0.6 is 0 Å². The maximum Gasteiger partial charge on any atom is 0.407 e. The van der Waals surface area contributed by atoms with E-state index in [1.807, 2.05) is 33.0 Å². The smallest absolute Gasteiger partial charge is 0.407 e. The highest BCUT2D eigenvalue weighted by Crippen LogP contribution is 2.28. The number of carbonyl (C=O) groups excluding carboxylic acids is 1. The highest BCUT2D eigenvalue weighted by molar-refractivity contribution is 5.67.